The summed E-state index contributed by atoms with van der Waals surface area (Å²) in [5.41, 5.74) is 0.385. The van der Waals surface area contributed by atoms with E-state index in [0.29, 0.717) is 18.5 Å². The number of phenols is 1. The molecule has 90 valence electrons. The van der Waals surface area contributed by atoms with Gasteiger partial charge >= 0.3 is 5.97 Å². The van der Waals surface area contributed by atoms with Gasteiger partial charge in [0.2, 0.25) is 0 Å². The van der Waals surface area contributed by atoms with Gasteiger partial charge in [-0.25, -0.2) is 0 Å². The lowest BCUT2D eigenvalue weighted by atomic mass is 10.1. The van der Waals surface area contributed by atoms with Crippen molar-refractivity contribution in [2.24, 2.45) is 5.92 Å². The van der Waals surface area contributed by atoms with Gasteiger partial charge in [0.15, 0.2) is 0 Å². The molecule has 0 radical (unpaired) electrons. The molecule has 1 saturated heterocycles. The maximum absolute atomic E-state index is 12.0. The smallest absolute Gasteiger partial charge is 0.308 e. The van der Waals surface area contributed by atoms with Crippen LogP contribution in [0.25, 0.3) is 0 Å². The average molecular weight is 235 g/mol. The number of aliphatic carboxylic acids is 1. The number of carbonyl (C=O) groups is 2. The van der Waals surface area contributed by atoms with Gasteiger partial charge in [0.05, 0.1) is 5.92 Å². The predicted octanol–water partition coefficient (Wildman–Crippen LogP) is 0.939. The van der Waals surface area contributed by atoms with Crippen molar-refractivity contribution in [3.63, 3.8) is 0 Å². The van der Waals surface area contributed by atoms with E-state index in [9.17, 15) is 14.7 Å². The Balaban J connectivity index is 2.09. The Hall–Kier alpha value is -2.04. The summed E-state index contributed by atoms with van der Waals surface area (Å²) in [6.07, 6.45) is 0.486. The van der Waals surface area contributed by atoms with E-state index in [4.69, 9.17) is 5.11 Å². The van der Waals surface area contributed by atoms with E-state index >= 15 is 0 Å². The number of amides is 1. The first-order chi connectivity index (χ1) is 8.08. The molecule has 1 amide bonds. The molecule has 1 unspecified atom stereocenters. The van der Waals surface area contributed by atoms with E-state index in [1.54, 1.807) is 12.1 Å². The average Bonchev–Trinajstić information content (AvgIpc) is 2.77. The van der Waals surface area contributed by atoms with Crippen molar-refractivity contribution >= 4 is 11.9 Å². The van der Waals surface area contributed by atoms with Crippen LogP contribution in [0.1, 0.15) is 16.8 Å². The SMILES string of the molecule is O=C(O)C1CCN(C(=O)c2cccc(O)c2)C1. The normalized spacial score (nSPS) is 19.3. The van der Waals surface area contributed by atoms with Gasteiger partial charge in [-0.3, -0.25) is 9.59 Å². The summed E-state index contributed by atoms with van der Waals surface area (Å²) < 4.78 is 0. The van der Waals surface area contributed by atoms with Gasteiger partial charge in [-0.1, -0.05) is 6.07 Å². The second kappa shape index (κ2) is 4.45. The highest BCUT2D eigenvalue weighted by Crippen LogP contribution is 2.20. The van der Waals surface area contributed by atoms with E-state index in [1.165, 1.54) is 17.0 Å². The minimum atomic E-state index is -0.865. The fourth-order valence-electron chi connectivity index (χ4n) is 1.97. The summed E-state index contributed by atoms with van der Waals surface area (Å²) >= 11 is 0. The lowest BCUT2D eigenvalue weighted by Crippen LogP contribution is -2.29. The van der Waals surface area contributed by atoms with Crippen molar-refractivity contribution in [1.29, 1.82) is 0 Å². The zero-order chi connectivity index (χ0) is 12.4. The van der Waals surface area contributed by atoms with Crippen LogP contribution in [0.5, 0.6) is 5.75 Å². The third-order valence-electron chi connectivity index (χ3n) is 2.92. The number of benzene rings is 1. The number of hydrogen-bond acceptors (Lipinski definition) is 3. The number of nitrogens with zero attached hydrogens (tertiary/aromatic N) is 1. The van der Waals surface area contributed by atoms with Gasteiger partial charge in [-0.2, -0.15) is 0 Å². The Morgan fingerprint density at radius 3 is 2.71 bits per heavy atom. The summed E-state index contributed by atoms with van der Waals surface area (Å²) in [5, 5.41) is 18.1. The second-order valence-corrected chi connectivity index (χ2v) is 4.13. The standard InChI is InChI=1S/C12H13NO4/c14-10-3-1-2-8(6-10)11(15)13-5-4-9(7-13)12(16)17/h1-3,6,9,14H,4-5,7H2,(H,16,17). The molecule has 5 nitrogen and oxygen atoms in total. The summed E-state index contributed by atoms with van der Waals surface area (Å²) in [4.78, 5) is 24.3. The van der Waals surface area contributed by atoms with Crippen LogP contribution >= 0.6 is 0 Å². The number of carboxylic acid groups (broad SMARTS) is 1. The molecule has 2 rings (SSSR count). The lowest BCUT2D eigenvalue weighted by molar-refractivity contribution is -0.141. The Morgan fingerprint density at radius 2 is 2.12 bits per heavy atom. The van der Waals surface area contributed by atoms with Crippen molar-refractivity contribution < 1.29 is 19.8 Å². The molecule has 5 heteroatoms. The van der Waals surface area contributed by atoms with Gasteiger partial charge < -0.3 is 15.1 Å². The van der Waals surface area contributed by atoms with Crippen molar-refractivity contribution in [2.75, 3.05) is 13.1 Å². The number of phenolic OH excluding ortho intramolecular Hbond substituents is 1. The highest BCUT2D eigenvalue weighted by atomic mass is 16.4. The molecular formula is C12H13NO4. The third-order valence-corrected chi connectivity index (χ3v) is 2.92. The first-order valence-electron chi connectivity index (χ1n) is 5.39. The summed E-state index contributed by atoms with van der Waals surface area (Å²) in [5.74, 6) is -1.54. The third kappa shape index (κ3) is 2.38. The number of hydrogen-bond donors (Lipinski definition) is 2. The molecule has 1 atom stereocenters. The molecule has 1 fully saturated rings. The van der Waals surface area contributed by atoms with E-state index in [2.05, 4.69) is 0 Å². The van der Waals surface area contributed by atoms with Crippen molar-refractivity contribution in [3.05, 3.63) is 29.8 Å². The zero-order valence-electron chi connectivity index (χ0n) is 9.17. The number of likely N-dealkylation sites (tertiary alicyclic amines) is 1. The molecular weight excluding hydrogens is 222 g/mol. The fraction of sp³-hybridized carbons (Fsp3) is 0.333. The molecule has 1 aromatic rings. The van der Waals surface area contributed by atoms with Gasteiger partial charge in [-0.15, -0.1) is 0 Å². The van der Waals surface area contributed by atoms with E-state index in [0.717, 1.165) is 0 Å². The minimum absolute atomic E-state index is 0.0323. The molecule has 2 N–H and O–H groups in total. The lowest BCUT2D eigenvalue weighted by Gasteiger charge is -2.15. The van der Waals surface area contributed by atoms with Crippen LogP contribution in [0.15, 0.2) is 24.3 Å². The van der Waals surface area contributed by atoms with Crippen LogP contribution in [0, 0.1) is 5.92 Å². The zero-order valence-corrected chi connectivity index (χ0v) is 9.17. The Kier molecular flexibility index (Phi) is 2.99. The van der Waals surface area contributed by atoms with Crippen molar-refractivity contribution in [2.45, 2.75) is 6.42 Å². The molecule has 1 aliphatic heterocycles. The number of carboxylic acids is 1. The maximum Gasteiger partial charge on any atom is 0.308 e. The van der Waals surface area contributed by atoms with Gasteiger partial charge in [0.1, 0.15) is 5.75 Å². The van der Waals surface area contributed by atoms with Crippen molar-refractivity contribution in [3.8, 4) is 5.75 Å². The largest absolute Gasteiger partial charge is 0.508 e. The second-order valence-electron chi connectivity index (χ2n) is 4.13. The Bertz CT molecular complexity index is 458. The summed E-state index contributed by atoms with van der Waals surface area (Å²) in [6, 6.07) is 6.07. The van der Waals surface area contributed by atoms with Gasteiger partial charge in [0.25, 0.3) is 5.91 Å². The van der Waals surface area contributed by atoms with Crippen LogP contribution in [-0.4, -0.2) is 40.1 Å². The van der Waals surface area contributed by atoms with Crippen LogP contribution < -0.4 is 0 Å². The molecule has 0 spiro atoms. The first kappa shape index (κ1) is 11.4. The number of aromatic hydroxyl groups is 1. The summed E-state index contributed by atoms with van der Waals surface area (Å²) in [7, 11) is 0. The predicted molar refractivity (Wildman–Crippen MR) is 59.8 cm³/mol. The quantitative estimate of drug-likeness (QED) is 0.799. The van der Waals surface area contributed by atoms with Gasteiger partial charge in [0, 0.05) is 18.7 Å². The molecule has 0 aliphatic carbocycles. The highest BCUT2D eigenvalue weighted by molar-refractivity contribution is 5.95. The van der Waals surface area contributed by atoms with E-state index < -0.39 is 11.9 Å². The molecule has 1 aromatic carbocycles. The van der Waals surface area contributed by atoms with Crippen LogP contribution in [0.4, 0.5) is 0 Å². The molecule has 0 aromatic heterocycles. The highest BCUT2D eigenvalue weighted by Gasteiger charge is 2.31. The topological polar surface area (TPSA) is 77.8 Å². The molecule has 0 saturated carbocycles. The van der Waals surface area contributed by atoms with Gasteiger partial charge in [-0.05, 0) is 24.6 Å². The Morgan fingerprint density at radius 1 is 1.35 bits per heavy atom. The van der Waals surface area contributed by atoms with Crippen molar-refractivity contribution in [1.82, 2.24) is 4.90 Å². The maximum atomic E-state index is 12.0. The molecule has 17 heavy (non-hydrogen) atoms. The summed E-state index contributed by atoms with van der Waals surface area (Å²) in [6.45, 7) is 0.690. The van der Waals surface area contributed by atoms with Crippen LogP contribution in [0.2, 0.25) is 0 Å². The van der Waals surface area contributed by atoms with E-state index in [-0.39, 0.29) is 18.2 Å². The first-order valence-corrected chi connectivity index (χ1v) is 5.39. The molecule has 0 bridgehead atoms. The van der Waals surface area contributed by atoms with E-state index in [1.807, 2.05) is 0 Å². The van der Waals surface area contributed by atoms with Crippen LogP contribution in [0.3, 0.4) is 0 Å². The minimum Gasteiger partial charge on any atom is -0.508 e. The number of rotatable bonds is 2. The Labute approximate surface area is 98.3 Å². The van der Waals surface area contributed by atoms with Crippen LogP contribution in [-0.2, 0) is 4.79 Å². The fourth-order valence-corrected chi connectivity index (χ4v) is 1.97. The monoisotopic (exact) mass is 235 g/mol. The molecule has 1 aliphatic rings. The number of carbonyl (C=O) groups excluding carboxylic acids is 1. The molecule has 1 heterocycles.